The molecule has 0 fully saturated rings. The molecule has 0 saturated heterocycles. The third-order valence-electron chi connectivity index (χ3n) is 4.35. The van der Waals surface area contributed by atoms with Crippen LogP contribution in [0.1, 0.15) is 19.8 Å². The van der Waals surface area contributed by atoms with Crippen LogP contribution in [-0.2, 0) is 76.5 Å². The first-order chi connectivity index (χ1) is 39.4. The molecule has 0 aliphatic rings. The lowest BCUT2D eigenvalue weighted by atomic mass is 10.2. The Morgan fingerprint density at radius 1 is 0.402 bits per heavy atom. The molecule has 0 N–H and O–H groups in total. The maximum Gasteiger partial charge on any atom is 0.476 e. The van der Waals surface area contributed by atoms with Crippen molar-refractivity contribution in [3.63, 3.8) is 0 Å². The van der Waals surface area contributed by atoms with Crippen molar-refractivity contribution >= 4 is 52.7 Å². The van der Waals surface area contributed by atoms with Crippen LogP contribution in [0.5, 0.6) is 0 Å². The quantitative estimate of drug-likeness (QED) is 0.0667. The number of hydrogen-bond donors (Lipinski definition) is 0. The maximum atomic E-state index is 12.3. The van der Waals surface area contributed by atoms with Crippen LogP contribution >= 0.6 is 0 Å². The van der Waals surface area contributed by atoms with Gasteiger partial charge in [0.15, 0.2) is 20.0 Å². The van der Waals surface area contributed by atoms with E-state index in [4.69, 9.17) is 33.7 Å². The van der Waals surface area contributed by atoms with Gasteiger partial charge in [0.1, 0.15) is 6.42 Å². The van der Waals surface area contributed by atoms with Crippen LogP contribution in [0, 0.1) is 0 Å². The molecule has 15 nitrogen and oxygen atoms in total. The highest BCUT2D eigenvalue weighted by molar-refractivity contribution is 7.86. The van der Waals surface area contributed by atoms with Crippen molar-refractivity contribution in [2.45, 2.75) is 74.4 Å². The summed E-state index contributed by atoms with van der Waals surface area (Å²) < 4.78 is 612. The molecule has 0 aromatic heterocycles. The van der Waals surface area contributed by atoms with Crippen LogP contribution < -0.4 is 0 Å². The third-order valence-corrected chi connectivity index (χ3v) is 5.08. The van der Waals surface area contributed by atoms with Gasteiger partial charge in [-0.25, -0.2) is 17.9 Å². The Kier molecular flexibility index (Phi) is 52.0. The lowest BCUT2D eigenvalue weighted by Crippen LogP contribution is -2.56. The fourth-order valence-electron chi connectivity index (χ4n) is 1.85. The van der Waals surface area contributed by atoms with E-state index in [1.54, 1.807) is 0 Å². The number of halogens is 46. The molecule has 0 radical (unpaired) electrons. The number of alkyl halides is 22. The van der Waals surface area contributed by atoms with Crippen LogP contribution in [0.3, 0.4) is 0 Å². The lowest BCUT2D eigenvalue weighted by Gasteiger charge is -2.29. The molecular weight excluding hydrogens is 1590 g/mol. The van der Waals surface area contributed by atoms with Gasteiger partial charge in [0.05, 0.1) is 5.75 Å². The van der Waals surface area contributed by atoms with Gasteiger partial charge in [-0.05, 0) is 17.0 Å². The summed E-state index contributed by atoms with van der Waals surface area (Å²) in [6.45, 7) is -7.90. The molecule has 92 heavy (non-hydrogen) atoms. The Balaban J connectivity index is -0.000000105. The van der Waals surface area contributed by atoms with Crippen molar-refractivity contribution in [3.8, 4) is 0 Å². The standard InChI is InChI=1S/C6H2F10O.2C5H2F8O.C4H3F5O.C4H5F3O2S.C2H2F4O.4F2O2S/c7-1-4(11,12)5(13,14)6(15,16)17-3(10)2(8)9;6-1-4(10,11)14-5(12,13)2(7)3(8)9;6-2(7)3(8)14-5(12,13)1-4(9,10)11;1-4(8,9)10-3(7)2(5)6;5-4(6)2-1-3-10(7,8)9;3-1-2(4,5)7-6;4*1-5(2,3)4/h1H2;2*1H2;1H3;2H,1,3H2;1H2;;;;. The first-order valence-corrected chi connectivity index (χ1v) is 24.3. The third kappa shape index (κ3) is 91.0. The van der Waals surface area contributed by atoms with E-state index in [0.717, 1.165) is 0 Å². The van der Waals surface area contributed by atoms with Crippen molar-refractivity contribution < 1.29 is 264 Å². The molecule has 0 aliphatic heterocycles. The molecule has 0 heterocycles. The number of hydrogen-bond acceptors (Lipinski definition) is 15. The van der Waals surface area contributed by atoms with Gasteiger partial charge in [-0.2, -0.15) is 187 Å². The molecule has 0 bridgehead atoms. The van der Waals surface area contributed by atoms with Gasteiger partial charge in [-0.1, -0.05) is 31.1 Å². The Bertz CT molecular complexity index is 2670. The number of allylic oxidation sites excluding steroid dienone is 1. The van der Waals surface area contributed by atoms with Gasteiger partial charge in [-0.3, -0.25) is 0 Å². The van der Waals surface area contributed by atoms with E-state index < -0.39 is 200 Å². The molecule has 0 atom stereocenters. The van der Waals surface area contributed by atoms with Crippen molar-refractivity contribution in [1.82, 2.24) is 0 Å². The smallest absolute Gasteiger partial charge is 0.402 e. The average molecular weight is 1600 g/mol. The predicted molar refractivity (Wildman–Crippen MR) is 196 cm³/mol. The summed E-state index contributed by atoms with van der Waals surface area (Å²) in [7, 11) is -27.3. The van der Waals surface area contributed by atoms with Crippen LogP contribution in [0.15, 0.2) is 60.3 Å². The van der Waals surface area contributed by atoms with Gasteiger partial charge in [0.2, 0.25) is 0 Å². The van der Waals surface area contributed by atoms with Gasteiger partial charge in [0.25, 0.3) is 11.9 Å². The highest BCUT2D eigenvalue weighted by Crippen LogP contribution is 2.48. The van der Waals surface area contributed by atoms with E-state index in [2.05, 4.69) is 18.9 Å². The SMILES string of the molecule is CC(F)(F)OC(F)=C(F)F.FC(F)=C(F)OC(F)(F)CC(F)(F)F.FCC(F)(F)C(F)(F)C(F)(F)OC(F)=C(F)F.FCC(F)(F)OC(F)(F)C(F)=C(F)F.FCC(F)(F)OF.O=S(=O)(F)CCC=C(F)F.O=S(=O)(F)F.O=S(=O)(F)F.O=S(=O)(F)F.O=S(=O)(F)F. The van der Waals surface area contributed by atoms with Crippen LogP contribution in [0.4, 0.5) is 198 Å². The first-order valence-electron chi connectivity index (χ1n) is 17.6. The summed E-state index contributed by atoms with van der Waals surface area (Å²) in [5, 5.41) is 0. The number of rotatable bonds is 19. The van der Waals surface area contributed by atoms with E-state index in [9.17, 15) is 206 Å². The van der Waals surface area contributed by atoms with E-state index in [-0.39, 0.29) is 6.92 Å². The Morgan fingerprint density at radius 2 is 0.685 bits per heavy atom. The molecule has 0 aliphatic carbocycles. The number of ether oxygens (including phenoxy) is 4. The molecule has 0 saturated carbocycles. The van der Waals surface area contributed by atoms with Crippen molar-refractivity contribution in [1.29, 1.82) is 0 Å². The molecule has 0 spiro atoms. The molecular formula is C26H16F46O15S5. The molecule has 0 amide bonds. The highest BCUT2D eigenvalue weighted by atomic mass is 32.3. The second-order valence-electron chi connectivity index (χ2n) is 11.9. The summed E-state index contributed by atoms with van der Waals surface area (Å²) >= 11 is 0. The van der Waals surface area contributed by atoms with E-state index >= 15 is 0 Å². The lowest BCUT2D eigenvalue weighted by molar-refractivity contribution is -0.394. The Morgan fingerprint density at radius 3 is 0.870 bits per heavy atom. The fraction of sp³-hybridized carbons (Fsp3) is 0.615. The zero-order valence-electron chi connectivity index (χ0n) is 40.4. The molecule has 66 heteroatoms. The fourth-order valence-corrected chi connectivity index (χ4v) is 2.25. The van der Waals surface area contributed by atoms with Gasteiger partial charge in [-0.15, -0.1) is 8.83 Å². The summed E-state index contributed by atoms with van der Waals surface area (Å²) in [6, 6.07) is -9.05. The van der Waals surface area contributed by atoms with Crippen LogP contribution in [0.2, 0.25) is 0 Å². The van der Waals surface area contributed by atoms with Gasteiger partial charge in [0, 0.05) is 6.92 Å². The van der Waals surface area contributed by atoms with Gasteiger partial charge < -0.3 is 14.2 Å². The Labute approximate surface area is 476 Å². The minimum atomic E-state index is -6.51. The second kappa shape index (κ2) is 44.3. The molecule has 0 aromatic carbocycles. The minimum Gasteiger partial charge on any atom is -0.402 e. The van der Waals surface area contributed by atoms with Crippen molar-refractivity contribution in [2.75, 3.05) is 25.8 Å². The molecule has 562 valence electrons. The van der Waals surface area contributed by atoms with Crippen LogP contribution in [0.25, 0.3) is 0 Å². The normalized spacial score (nSPS) is 12.2. The Hall–Kier alpha value is -5.45. The first kappa shape index (κ1) is 108. The van der Waals surface area contributed by atoms with Gasteiger partial charge >= 0.3 is 150 Å². The zero-order valence-corrected chi connectivity index (χ0v) is 44.5. The predicted octanol–water partition coefficient (Wildman–Crippen LogP) is 16.9. The highest BCUT2D eigenvalue weighted by Gasteiger charge is 2.74. The van der Waals surface area contributed by atoms with E-state index in [1.807, 2.05) is 4.94 Å². The molecule has 0 rings (SSSR count). The molecule has 0 unspecified atom stereocenters. The monoisotopic (exact) mass is 1600 g/mol. The van der Waals surface area contributed by atoms with E-state index in [0.29, 0.717) is 6.08 Å². The van der Waals surface area contributed by atoms with Crippen molar-refractivity contribution in [2.24, 2.45) is 0 Å². The minimum absolute atomic E-state index is 0.148. The van der Waals surface area contributed by atoms with Crippen molar-refractivity contribution in [3.05, 3.63) is 60.3 Å². The maximum absolute atomic E-state index is 12.3. The molecule has 0 aromatic rings. The largest absolute Gasteiger partial charge is 0.476 e. The zero-order chi connectivity index (χ0) is 77.7. The summed E-state index contributed by atoms with van der Waals surface area (Å²) in [5.41, 5.74) is 0. The average Bonchev–Trinajstić information content (AvgIpc) is 3.24. The van der Waals surface area contributed by atoms with Crippen LogP contribution in [-0.4, -0.2) is 123 Å². The summed E-state index contributed by atoms with van der Waals surface area (Å²) in [4.78, 5) is 1.88. The van der Waals surface area contributed by atoms with E-state index in [1.165, 1.54) is 0 Å². The topological polar surface area (TPSA) is 217 Å². The second-order valence-corrected chi connectivity index (χ2v) is 16.4. The summed E-state index contributed by atoms with van der Waals surface area (Å²) in [6.07, 6.45) is -53.7. The summed E-state index contributed by atoms with van der Waals surface area (Å²) in [5.74, 6) is -16.8.